The molecule has 6 nitrogen and oxygen atoms in total. The summed E-state index contributed by atoms with van der Waals surface area (Å²) in [5.74, 6) is -1.08. The third-order valence-corrected chi connectivity index (χ3v) is 1.87. The van der Waals surface area contributed by atoms with Crippen LogP contribution >= 0.6 is 0 Å². The Morgan fingerprint density at radius 2 is 2.20 bits per heavy atom. The van der Waals surface area contributed by atoms with Crippen molar-refractivity contribution in [3.8, 4) is 6.07 Å². The number of hydrogen-bond acceptors (Lipinski definition) is 3. The van der Waals surface area contributed by atoms with Crippen LogP contribution in [0.15, 0.2) is 0 Å². The summed E-state index contributed by atoms with van der Waals surface area (Å²) < 4.78 is 0. The van der Waals surface area contributed by atoms with E-state index in [2.05, 4.69) is 5.32 Å². The Kier molecular flexibility index (Phi) is 5.86. The van der Waals surface area contributed by atoms with Gasteiger partial charge < -0.3 is 15.3 Å². The van der Waals surface area contributed by atoms with Crippen LogP contribution in [0.4, 0.5) is 4.79 Å². The number of hydrogen-bond donors (Lipinski definition) is 2. The highest BCUT2D eigenvalue weighted by molar-refractivity contribution is 5.82. The molecular formula is C9H15N3O3. The molecule has 0 fully saturated rings. The number of nitrogens with one attached hydrogen (secondary N) is 1. The second kappa shape index (κ2) is 6.65. The number of carbonyl (C=O) groups excluding carboxylic acids is 1. The molecule has 0 heterocycles. The van der Waals surface area contributed by atoms with Crippen molar-refractivity contribution in [2.75, 3.05) is 13.1 Å². The van der Waals surface area contributed by atoms with E-state index in [1.807, 2.05) is 6.07 Å². The van der Waals surface area contributed by atoms with E-state index in [-0.39, 0.29) is 6.42 Å². The fourth-order valence-corrected chi connectivity index (χ4v) is 0.926. The third kappa shape index (κ3) is 4.86. The standard InChI is InChI=1S/C9H15N3O3/c1-3-12(6-4-5-10)9(15)11-7(2)8(13)14/h7H,3-4,6H2,1-2H3,(H,11,15)(H,13,14). The summed E-state index contributed by atoms with van der Waals surface area (Å²) in [7, 11) is 0. The van der Waals surface area contributed by atoms with E-state index in [9.17, 15) is 9.59 Å². The minimum absolute atomic E-state index is 0.239. The number of carbonyl (C=O) groups is 2. The first-order valence-electron chi connectivity index (χ1n) is 4.68. The number of urea groups is 1. The minimum Gasteiger partial charge on any atom is -0.480 e. The molecule has 0 aliphatic rings. The Bertz CT molecular complexity index is 272. The maximum Gasteiger partial charge on any atom is 0.325 e. The molecule has 0 aromatic rings. The predicted octanol–water partition coefficient (Wildman–Crippen LogP) is 0.405. The van der Waals surface area contributed by atoms with Crippen LogP contribution in [0, 0.1) is 11.3 Å². The lowest BCUT2D eigenvalue weighted by atomic mass is 10.3. The molecule has 84 valence electrons. The zero-order chi connectivity index (χ0) is 11.8. The molecule has 0 saturated heterocycles. The molecule has 0 rings (SSSR count). The quantitative estimate of drug-likeness (QED) is 0.691. The average Bonchev–Trinajstić information content (AvgIpc) is 2.18. The largest absolute Gasteiger partial charge is 0.480 e. The lowest BCUT2D eigenvalue weighted by molar-refractivity contribution is -0.138. The Hall–Kier alpha value is -1.77. The van der Waals surface area contributed by atoms with Crippen molar-refractivity contribution in [1.29, 1.82) is 5.26 Å². The van der Waals surface area contributed by atoms with Gasteiger partial charge in [-0.3, -0.25) is 4.79 Å². The van der Waals surface area contributed by atoms with Gasteiger partial charge in [0.05, 0.1) is 12.5 Å². The molecule has 1 unspecified atom stereocenters. The normalized spacial score (nSPS) is 11.3. The lowest BCUT2D eigenvalue weighted by Gasteiger charge is -2.21. The zero-order valence-corrected chi connectivity index (χ0v) is 8.86. The van der Waals surface area contributed by atoms with Gasteiger partial charge in [-0.25, -0.2) is 4.79 Å². The molecule has 0 radical (unpaired) electrons. The molecular weight excluding hydrogens is 198 g/mol. The van der Waals surface area contributed by atoms with Crippen LogP contribution in [-0.4, -0.2) is 41.1 Å². The fourth-order valence-electron chi connectivity index (χ4n) is 0.926. The van der Waals surface area contributed by atoms with Gasteiger partial charge in [-0.2, -0.15) is 5.26 Å². The van der Waals surface area contributed by atoms with E-state index in [0.29, 0.717) is 13.1 Å². The minimum atomic E-state index is -1.08. The van der Waals surface area contributed by atoms with Crippen molar-refractivity contribution >= 4 is 12.0 Å². The van der Waals surface area contributed by atoms with Crippen molar-refractivity contribution in [1.82, 2.24) is 10.2 Å². The third-order valence-electron chi connectivity index (χ3n) is 1.87. The summed E-state index contributed by atoms with van der Waals surface area (Å²) in [5, 5.41) is 19.3. The number of aliphatic carboxylic acids is 1. The van der Waals surface area contributed by atoms with Crippen LogP contribution in [-0.2, 0) is 4.79 Å². The van der Waals surface area contributed by atoms with Gasteiger partial charge >= 0.3 is 12.0 Å². The topological polar surface area (TPSA) is 93.4 Å². The molecule has 15 heavy (non-hydrogen) atoms. The van der Waals surface area contributed by atoms with Crippen LogP contribution in [0.25, 0.3) is 0 Å². The van der Waals surface area contributed by atoms with Gasteiger partial charge in [0.15, 0.2) is 0 Å². The van der Waals surface area contributed by atoms with Gasteiger partial charge in [0.1, 0.15) is 6.04 Å². The van der Waals surface area contributed by atoms with Gasteiger partial charge in [-0.1, -0.05) is 0 Å². The van der Waals surface area contributed by atoms with Gasteiger partial charge in [0.2, 0.25) is 0 Å². The number of amides is 2. The maximum atomic E-state index is 11.4. The summed E-state index contributed by atoms with van der Waals surface area (Å²) in [6.07, 6.45) is 0.239. The van der Waals surface area contributed by atoms with Gasteiger partial charge in [0.25, 0.3) is 0 Å². The van der Waals surface area contributed by atoms with E-state index >= 15 is 0 Å². The smallest absolute Gasteiger partial charge is 0.325 e. The summed E-state index contributed by atoms with van der Waals surface area (Å²) in [6, 6.07) is 0.547. The second-order valence-corrected chi connectivity index (χ2v) is 3.00. The van der Waals surface area contributed by atoms with Crippen molar-refractivity contribution in [2.45, 2.75) is 26.3 Å². The van der Waals surface area contributed by atoms with E-state index in [1.54, 1.807) is 6.92 Å². The van der Waals surface area contributed by atoms with Gasteiger partial charge in [-0.15, -0.1) is 0 Å². The molecule has 0 aromatic carbocycles. The first-order valence-corrected chi connectivity index (χ1v) is 4.68. The van der Waals surface area contributed by atoms with Crippen molar-refractivity contribution in [3.05, 3.63) is 0 Å². The Labute approximate surface area is 88.5 Å². The first-order chi connectivity index (χ1) is 7.02. The first kappa shape index (κ1) is 13.2. The summed E-state index contributed by atoms with van der Waals surface area (Å²) >= 11 is 0. The number of nitrogens with zero attached hydrogens (tertiary/aromatic N) is 2. The Morgan fingerprint density at radius 3 is 2.60 bits per heavy atom. The van der Waals surface area contributed by atoms with Crippen molar-refractivity contribution in [3.63, 3.8) is 0 Å². The van der Waals surface area contributed by atoms with Crippen LogP contribution in [0.3, 0.4) is 0 Å². The van der Waals surface area contributed by atoms with Crippen LogP contribution in [0.5, 0.6) is 0 Å². The highest BCUT2D eigenvalue weighted by atomic mass is 16.4. The second-order valence-electron chi connectivity index (χ2n) is 3.00. The lowest BCUT2D eigenvalue weighted by Crippen LogP contribution is -2.46. The number of carboxylic acids is 1. The highest BCUT2D eigenvalue weighted by Crippen LogP contribution is 1.93. The van der Waals surface area contributed by atoms with Gasteiger partial charge in [0, 0.05) is 13.1 Å². The molecule has 0 aliphatic carbocycles. The number of nitriles is 1. The number of carboxylic acid groups (broad SMARTS) is 1. The SMILES string of the molecule is CCN(CCC#N)C(=O)NC(C)C(=O)O. The summed E-state index contributed by atoms with van der Waals surface area (Å²) in [4.78, 5) is 23.3. The van der Waals surface area contributed by atoms with Crippen LogP contribution in [0.2, 0.25) is 0 Å². The summed E-state index contributed by atoms with van der Waals surface area (Å²) in [6.45, 7) is 3.91. The number of rotatable bonds is 5. The van der Waals surface area contributed by atoms with Crippen LogP contribution in [0.1, 0.15) is 20.3 Å². The van der Waals surface area contributed by atoms with E-state index < -0.39 is 18.0 Å². The van der Waals surface area contributed by atoms with E-state index in [0.717, 1.165) is 0 Å². The fraction of sp³-hybridized carbons (Fsp3) is 0.667. The average molecular weight is 213 g/mol. The van der Waals surface area contributed by atoms with E-state index in [4.69, 9.17) is 10.4 Å². The molecule has 0 saturated carbocycles. The Morgan fingerprint density at radius 1 is 1.60 bits per heavy atom. The Balaban J connectivity index is 4.16. The highest BCUT2D eigenvalue weighted by Gasteiger charge is 2.17. The molecule has 1 atom stereocenters. The summed E-state index contributed by atoms with van der Waals surface area (Å²) in [5.41, 5.74) is 0. The maximum absolute atomic E-state index is 11.4. The molecule has 2 N–H and O–H groups in total. The monoisotopic (exact) mass is 213 g/mol. The molecule has 2 amide bonds. The van der Waals surface area contributed by atoms with E-state index in [1.165, 1.54) is 11.8 Å². The predicted molar refractivity (Wildman–Crippen MR) is 53.1 cm³/mol. The van der Waals surface area contributed by atoms with Crippen molar-refractivity contribution < 1.29 is 14.7 Å². The molecule has 0 spiro atoms. The molecule has 0 aliphatic heterocycles. The van der Waals surface area contributed by atoms with Gasteiger partial charge in [-0.05, 0) is 13.8 Å². The zero-order valence-electron chi connectivity index (χ0n) is 8.86. The molecule has 0 aromatic heterocycles. The molecule has 6 heteroatoms. The van der Waals surface area contributed by atoms with Crippen LogP contribution < -0.4 is 5.32 Å². The molecule has 0 bridgehead atoms. The van der Waals surface area contributed by atoms with Crippen molar-refractivity contribution in [2.24, 2.45) is 0 Å².